The molecule has 1 aliphatic rings. The first kappa shape index (κ1) is 20.4. The Labute approximate surface area is 180 Å². The zero-order chi connectivity index (χ0) is 21.1. The van der Waals surface area contributed by atoms with Gasteiger partial charge in [-0.3, -0.25) is 20.0 Å². The average Bonchev–Trinajstić information content (AvgIpc) is 2.76. The topological polar surface area (TPSA) is 118 Å². The molecular weight excluding hydrogens is 456 g/mol. The van der Waals surface area contributed by atoms with Crippen LogP contribution in [-0.2, 0) is 0 Å². The number of fused-ring (bicyclic) bond motifs is 1. The second-order valence-electron chi connectivity index (χ2n) is 6.71. The molecule has 1 aliphatic heterocycles. The first-order valence-corrected chi connectivity index (χ1v) is 10.2. The smallest absolute Gasteiger partial charge is 0.373 e. The number of halogens is 1. The quantitative estimate of drug-likeness (QED) is 0.424. The molecule has 2 aromatic heterocycles. The molecule has 0 radical (unpaired) electrons. The minimum Gasteiger partial charge on any atom is -0.431 e. The van der Waals surface area contributed by atoms with E-state index in [9.17, 15) is 10.1 Å². The number of ether oxygens (including phenoxy) is 1. The predicted octanol–water partition coefficient (Wildman–Crippen LogP) is 2.60. The van der Waals surface area contributed by atoms with E-state index in [-0.39, 0.29) is 24.0 Å². The van der Waals surface area contributed by atoms with Gasteiger partial charge >= 0.3 is 11.6 Å². The van der Waals surface area contributed by atoms with Crippen molar-refractivity contribution in [2.24, 2.45) is 0 Å². The van der Waals surface area contributed by atoms with Crippen molar-refractivity contribution < 1.29 is 14.8 Å². The summed E-state index contributed by atoms with van der Waals surface area (Å²) < 4.78 is 6.73. The lowest BCUT2D eigenvalue weighted by atomic mass is 10.2. The summed E-state index contributed by atoms with van der Waals surface area (Å²) in [5.74, 6) is 0.467. The fourth-order valence-electron chi connectivity index (χ4n) is 3.44. The van der Waals surface area contributed by atoms with Crippen molar-refractivity contribution in [1.82, 2.24) is 19.9 Å². The molecule has 0 aliphatic carbocycles. The molecule has 10 nitrogen and oxygen atoms in total. The molecule has 1 saturated heterocycles. The Balaban J connectivity index is 1.68. The summed E-state index contributed by atoms with van der Waals surface area (Å²) in [7, 11) is 0. The highest BCUT2D eigenvalue weighted by atomic mass is 79.9. The van der Waals surface area contributed by atoms with E-state index >= 15 is 0 Å². The second kappa shape index (κ2) is 8.86. The van der Waals surface area contributed by atoms with Gasteiger partial charge < -0.3 is 14.7 Å². The normalized spacial score (nSPS) is 14.8. The van der Waals surface area contributed by atoms with Crippen LogP contribution in [0, 0.1) is 10.1 Å². The van der Waals surface area contributed by atoms with Gasteiger partial charge in [-0.15, -0.1) is 0 Å². The second-order valence-corrected chi connectivity index (χ2v) is 7.56. The highest BCUT2D eigenvalue weighted by molar-refractivity contribution is 9.10. The number of aliphatic hydroxyl groups is 1. The molecule has 3 aromatic rings. The average molecular weight is 475 g/mol. The molecule has 0 amide bonds. The third kappa shape index (κ3) is 4.04. The number of β-amino-alcohol motifs (C(OH)–C–C–N with tert-alkyl or cyclic N) is 1. The van der Waals surface area contributed by atoms with E-state index < -0.39 is 4.92 Å². The van der Waals surface area contributed by atoms with E-state index in [1.54, 1.807) is 24.4 Å². The largest absolute Gasteiger partial charge is 0.431 e. The van der Waals surface area contributed by atoms with Crippen molar-refractivity contribution in [3.05, 3.63) is 51.4 Å². The third-order valence-electron chi connectivity index (χ3n) is 4.93. The SMILES string of the molecule is O=[N+]([O-])c1c(Oc2ccc(Br)c3cccnc23)ncnc1N1CCN(CCO)CC1. The first-order chi connectivity index (χ1) is 14.6. The number of hydrogen-bond donors (Lipinski definition) is 1. The highest BCUT2D eigenvalue weighted by Crippen LogP contribution is 2.39. The molecule has 0 atom stereocenters. The van der Waals surface area contributed by atoms with E-state index in [0.29, 0.717) is 44.0 Å². The van der Waals surface area contributed by atoms with Crippen molar-refractivity contribution in [3.8, 4) is 11.6 Å². The maximum atomic E-state index is 11.9. The monoisotopic (exact) mass is 474 g/mol. The number of rotatable bonds is 6. The van der Waals surface area contributed by atoms with Crippen LogP contribution in [0.1, 0.15) is 0 Å². The lowest BCUT2D eigenvalue weighted by Crippen LogP contribution is -2.47. The Morgan fingerprint density at radius 1 is 1.17 bits per heavy atom. The minimum atomic E-state index is -0.515. The van der Waals surface area contributed by atoms with E-state index in [1.165, 1.54) is 6.33 Å². The number of piperazine rings is 1. The molecule has 30 heavy (non-hydrogen) atoms. The lowest BCUT2D eigenvalue weighted by molar-refractivity contribution is -0.385. The van der Waals surface area contributed by atoms with Crippen LogP contribution in [0.3, 0.4) is 0 Å². The summed E-state index contributed by atoms with van der Waals surface area (Å²) in [5.41, 5.74) is 0.291. The summed E-state index contributed by atoms with van der Waals surface area (Å²) in [5, 5.41) is 21.8. The van der Waals surface area contributed by atoms with Crippen LogP contribution in [0.25, 0.3) is 10.9 Å². The Morgan fingerprint density at radius 3 is 2.70 bits per heavy atom. The summed E-state index contributed by atoms with van der Waals surface area (Å²) in [6.07, 6.45) is 2.90. The zero-order valence-electron chi connectivity index (χ0n) is 15.9. The Morgan fingerprint density at radius 2 is 1.97 bits per heavy atom. The number of nitro groups is 1. The molecule has 11 heteroatoms. The Bertz CT molecular complexity index is 1070. The molecule has 0 saturated carbocycles. The maximum absolute atomic E-state index is 11.9. The van der Waals surface area contributed by atoms with E-state index in [0.717, 1.165) is 9.86 Å². The fraction of sp³-hybridized carbons (Fsp3) is 0.316. The number of aliphatic hydroxyl groups excluding tert-OH is 1. The first-order valence-electron chi connectivity index (χ1n) is 9.37. The predicted molar refractivity (Wildman–Crippen MR) is 114 cm³/mol. The Hall–Kier alpha value is -2.89. The number of aromatic nitrogens is 3. The van der Waals surface area contributed by atoms with Crippen molar-refractivity contribution >= 4 is 38.3 Å². The molecule has 3 heterocycles. The summed E-state index contributed by atoms with van der Waals surface area (Å²) in [6, 6.07) is 7.18. The number of anilines is 1. The van der Waals surface area contributed by atoms with Gasteiger partial charge in [-0.1, -0.05) is 22.0 Å². The van der Waals surface area contributed by atoms with Crippen LogP contribution >= 0.6 is 15.9 Å². The van der Waals surface area contributed by atoms with E-state index in [1.807, 2.05) is 11.0 Å². The van der Waals surface area contributed by atoms with Gasteiger partial charge in [-0.05, 0) is 18.2 Å². The van der Waals surface area contributed by atoms with Crippen LogP contribution in [-0.4, -0.2) is 69.2 Å². The number of benzene rings is 1. The molecule has 0 spiro atoms. The zero-order valence-corrected chi connectivity index (χ0v) is 17.5. The van der Waals surface area contributed by atoms with Gasteiger partial charge in [0.2, 0.25) is 5.82 Å². The summed E-state index contributed by atoms with van der Waals surface area (Å²) in [4.78, 5) is 27.9. The minimum absolute atomic E-state index is 0.0842. The molecule has 1 N–H and O–H groups in total. The number of nitrogens with zero attached hydrogens (tertiary/aromatic N) is 6. The molecule has 156 valence electrons. The van der Waals surface area contributed by atoms with Gasteiger partial charge in [-0.25, -0.2) is 4.98 Å². The van der Waals surface area contributed by atoms with Crippen molar-refractivity contribution in [2.45, 2.75) is 0 Å². The number of pyridine rings is 1. The van der Waals surface area contributed by atoms with Gasteiger partial charge in [0.15, 0.2) is 5.75 Å². The highest BCUT2D eigenvalue weighted by Gasteiger charge is 2.31. The van der Waals surface area contributed by atoms with Crippen LogP contribution < -0.4 is 9.64 Å². The maximum Gasteiger partial charge on any atom is 0.373 e. The molecule has 0 bridgehead atoms. The van der Waals surface area contributed by atoms with Crippen LogP contribution in [0.15, 0.2) is 41.3 Å². The van der Waals surface area contributed by atoms with Gasteiger partial charge in [0, 0.05) is 48.8 Å². The van der Waals surface area contributed by atoms with E-state index in [4.69, 9.17) is 9.84 Å². The van der Waals surface area contributed by atoms with Crippen molar-refractivity contribution in [2.75, 3.05) is 44.2 Å². The summed E-state index contributed by atoms with van der Waals surface area (Å²) in [6.45, 7) is 3.14. The van der Waals surface area contributed by atoms with Crippen LogP contribution in [0.4, 0.5) is 11.5 Å². The Kier molecular flexibility index (Phi) is 6.02. The van der Waals surface area contributed by atoms with Crippen molar-refractivity contribution in [3.63, 3.8) is 0 Å². The van der Waals surface area contributed by atoms with Gasteiger partial charge in [0.25, 0.3) is 0 Å². The van der Waals surface area contributed by atoms with Crippen LogP contribution in [0.5, 0.6) is 11.6 Å². The molecule has 4 rings (SSSR count). The standard InChI is InChI=1S/C19H19BrN6O4/c20-14-3-4-15(16-13(14)2-1-5-21-16)30-19-17(26(28)29)18(22-12-23-19)25-8-6-24(7-9-25)10-11-27/h1-5,12,27H,6-11H2. The van der Waals surface area contributed by atoms with Crippen molar-refractivity contribution in [1.29, 1.82) is 0 Å². The summed E-state index contributed by atoms with van der Waals surface area (Å²) >= 11 is 3.48. The van der Waals surface area contributed by atoms with E-state index in [2.05, 4.69) is 35.8 Å². The molecule has 1 aromatic carbocycles. The van der Waals surface area contributed by atoms with Gasteiger partial charge in [0.1, 0.15) is 11.8 Å². The third-order valence-corrected chi connectivity index (χ3v) is 5.62. The molecular formula is C19H19BrN6O4. The lowest BCUT2D eigenvalue weighted by Gasteiger charge is -2.34. The van der Waals surface area contributed by atoms with Gasteiger partial charge in [0.05, 0.1) is 11.5 Å². The van der Waals surface area contributed by atoms with Crippen LogP contribution in [0.2, 0.25) is 0 Å². The fourth-order valence-corrected chi connectivity index (χ4v) is 3.90. The van der Waals surface area contributed by atoms with Gasteiger partial charge in [-0.2, -0.15) is 4.98 Å². The molecule has 1 fully saturated rings. The molecule has 0 unspecified atom stereocenters. The number of hydrogen-bond acceptors (Lipinski definition) is 9.